The topological polar surface area (TPSA) is 52.9 Å². The quantitative estimate of drug-likeness (QED) is 0.700. The molecule has 1 aliphatic rings. The predicted molar refractivity (Wildman–Crippen MR) is 58.7 cm³/mol. The van der Waals surface area contributed by atoms with Crippen molar-refractivity contribution in [2.75, 3.05) is 32.8 Å². The first-order valence-corrected chi connectivity index (χ1v) is 5.58. The van der Waals surface area contributed by atoms with Gasteiger partial charge in [0.05, 0.1) is 25.4 Å². The molecular formula is C11H23NO3. The first-order valence-electron chi connectivity index (χ1n) is 5.58. The molecular weight excluding hydrogens is 194 g/mol. The molecule has 1 saturated heterocycles. The van der Waals surface area contributed by atoms with E-state index in [0.717, 1.165) is 19.6 Å². The summed E-state index contributed by atoms with van der Waals surface area (Å²) in [5.74, 6) is 0. The fourth-order valence-corrected chi connectivity index (χ4v) is 2.10. The summed E-state index contributed by atoms with van der Waals surface area (Å²) in [6.07, 6.45) is 0.464. The predicted octanol–water partition coefficient (Wildman–Crippen LogP) is 0.0865. The van der Waals surface area contributed by atoms with Crippen LogP contribution in [0.5, 0.6) is 0 Å². The van der Waals surface area contributed by atoms with Crippen molar-refractivity contribution in [1.29, 1.82) is 0 Å². The molecule has 0 spiro atoms. The van der Waals surface area contributed by atoms with Gasteiger partial charge in [-0.25, -0.2) is 0 Å². The van der Waals surface area contributed by atoms with Gasteiger partial charge in [0.2, 0.25) is 0 Å². The van der Waals surface area contributed by atoms with Crippen LogP contribution in [0.25, 0.3) is 0 Å². The lowest BCUT2D eigenvalue weighted by molar-refractivity contribution is -0.0846. The molecule has 15 heavy (non-hydrogen) atoms. The van der Waals surface area contributed by atoms with Gasteiger partial charge in [-0.05, 0) is 13.8 Å². The van der Waals surface area contributed by atoms with E-state index in [9.17, 15) is 10.2 Å². The van der Waals surface area contributed by atoms with Gasteiger partial charge in [0, 0.05) is 25.0 Å². The summed E-state index contributed by atoms with van der Waals surface area (Å²) < 4.78 is 5.63. The Morgan fingerprint density at radius 2 is 1.67 bits per heavy atom. The standard InChI is InChI=1S/C11H23NO3/c1-9-4-12(5-10(2)15-9)6-11(3,7-13)8-14/h9-10,13-14H,4-8H2,1-3H3. The van der Waals surface area contributed by atoms with E-state index in [1.807, 2.05) is 6.92 Å². The van der Waals surface area contributed by atoms with Crippen molar-refractivity contribution >= 4 is 0 Å². The largest absolute Gasteiger partial charge is 0.396 e. The van der Waals surface area contributed by atoms with Crippen LogP contribution in [0, 0.1) is 5.41 Å². The van der Waals surface area contributed by atoms with Crippen LogP contribution in [0.1, 0.15) is 20.8 Å². The number of nitrogens with zero attached hydrogens (tertiary/aromatic N) is 1. The zero-order valence-electron chi connectivity index (χ0n) is 9.94. The molecule has 0 aromatic heterocycles. The molecule has 0 saturated carbocycles. The fraction of sp³-hybridized carbons (Fsp3) is 1.00. The molecule has 1 fully saturated rings. The highest BCUT2D eigenvalue weighted by atomic mass is 16.5. The number of hydrogen-bond acceptors (Lipinski definition) is 4. The molecule has 0 aromatic rings. The summed E-state index contributed by atoms with van der Waals surface area (Å²) in [6.45, 7) is 8.51. The van der Waals surface area contributed by atoms with Crippen LogP contribution in [-0.2, 0) is 4.74 Å². The van der Waals surface area contributed by atoms with Crippen LogP contribution in [0.3, 0.4) is 0 Å². The van der Waals surface area contributed by atoms with E-state index in [1.165, 1.54) is 0 Å². The number of ether oxygens (including phenoxy) is 1. The SMILES string of the molecule is CC1CN(CC(C)(CO)CO)CC(C)O1. The van der Waals surface area contributed by atoms with Crippen LogP contribution >= 0.6 is 0 Å². The van der Waals surface area contributed by atoms with E-state index in [2.05, 4.69) is 18.7 Å². The van der Waals surface area contributed by atoms with Gasteiger partial charge >= 0.3 is 0 Å². The second kappa shape index (κ2) is 5.25. The van der Waals surface area contributed by atoms with Crippen molar-refractivity contribution in [3.05, 3.63) is 0 Å². The second-order valence-corrected chi connectivity index (χ2v) is 5.08. The van der Waals surface area contributed by atoms with E-state index in [-0.39, 0.29) is 25.4 Å². The number of hydrogen-bond donors (Lipinski definition) is 2. The van der Waals surface area contributed by atoms with Crippen LogP contribution in [-0.4, -0.2) is 60.2 Å². The molecule has 1 heterocycles. The Bertz CT molecular complexity index is 184. The van der Waals surface area contributed by atoms with Gasteiger partial charge in [0.15, 0.2) is 0 Å². The van der Waals surface area contributed by atoms with Crippen molar-refractivity contribution in [3.63, 3.8) is 0 Å². The minimum atomic E-state index is -0.406. The molecule has 0 bridgehead atoms. The Morgan fingerprint density at radius 3 is 2.07 bits per heavy atom. The van der Waals surface area contributed by atoms with Crippen molar-refractivity contribution in [1.82, 2.24) is 4.90 Å². The maximum atomic E-state index is 9.23. The number of aliphatic hydroxyl groups excluding tert-OH is 2. The minimum absolute atomic E-state index is 0.0175. The van der Waals surface area contributed by atoms with Gasteiger partial charge in [-0.1, -0.05) is 6.92 Å². The maximum absolute atomic E-state index is 9.23. The molecule has 90 valence electrons. The van der Waals surface area contributed by atoms with E-state index < -0.39 is 5.41 Å². The van der Waals surface area contributed by atoms with Crippen molar-refractivity contribution < 1.29 is 14.9 Å². The highest BCUT2D eigenvalue weighted by molar-refractivity contribution is 4.81. The average Bonchev–Trinajstić information content (AvgIpc) is 2.16. The maximum Gasteiger partial charge on any atom is 0.0678 e. The van der Waals surface area contributed by atoms with Gasteiger partial charge < -0.3 is 14.9 Å². The first-order chi connectivity index (χ1) is 6.99. The van der Waals surface area contributed by atoms with Crippen molar-refractivity contribution in [2.45, 2.75) is 33.0 Å². The zero-order valence-corrected chi connectivity index (χ0v) is 9.94. The molecule has 0 aromatic carbocycles. The Hall–Kier alpha value is -0.160. The molecule has 2 N–H and O–H groups in total. The van der Waals surface area contributed by atoms with E-state index in [0.29, 0.717) is 0 Å². The molecule has 2 atom stereocenters. The smallest absolute Gasteiger partial charge is 0.0678 e. The van der Waals surface area contributed by atoms with Crippen LogP contribution in [0.15, 0.2) is 0 Å². The van der Waals surface area contributed by atoms with Crippen LogP contribution in [0.2, 0.25) is 0 Å². The third kappa shape index (κ3) is 3.72. The molecule has 2 unspecified atom stereocenters. The van der Waals surface area contributed by atoms with Crippen LogP contribution in [0.4, 0.5) is 0 Å². The molecule has 4 nitrogen and oxygen atoms in total. The van der Waals surface area contributed by atoms with E-state index in [4.69, 9.17) is 4.74 Å². The average molecular weight is 217 g/mol. The Balaban J connectivity index is 2.49. The van der Waals surface area contributed by atoms with Gasteiger partial charge in [-0.15, -0.1) is 0 Å². The summed E-state index contributed by atoms with van der Waals surface area (Å²) in [6, 6.07) is 0. The van der Waals surface area contributed by atoms with Crippen LogP contribution < -0.4 is 0 Å². The fourth-order valence-electron chi connectivity index (χ4n) is 2.10. The Morgan fingerprint density at radius 1 is 1.20 bits per heavy atom. The lowest BCUT2D eigenvalue weighted by Gasteiger charge is -2.39. The van der Waals surface area contributed by atoms with Gasteiger partial charge in [0.1, 0.15) is 0 Å². The first kappa shape index (κ1) is 12.9. The molecule has 1 rings (SSSR count). The molecule has 1 aliphatic heterocycles. The molecule has 0 amide bonds. The number of rotatable bonds is 4. The minimum Gasteiger partial charge on any atom is -0.396 e. The highest BCUT2D eigenvalue weighted by Gasteiger charge is 2.30. The lowest BCUT2D eigenvalue weighted by Crippen LogP contribution is -2.50. The lowest BCUT2D eigenvalue weighted by atomic mass is 9.92. The zero-order chi connectivity index (χ0) is 11.5. The number of morpholine rings is 1. The van der Waals surface area contributed by atoms with Crippen molar-refractivity contribution in [2.24, 2.45) is 5.41 Å². The van der Waals surface area contributed by atoms with E-state index in [1.54, 1.807) is 0 Å². The second-order valence-electron chi connectivity index (χ2n) is 5.08. The van der Waals surface area contributed by atoms with Crippen molar-refractivity contribution in [3.8, 4) is 0 Å². The third-order valence-electron chi connectivity index (χ3n) is 2.86. The summed E-state index contributed by atoms with van der Waals surface area (Å²) in [4.78, 5) is 2.26. The van der Waals surface area contributed by atoms with Gasteiger partial charge in [0.25, 0.3) is 0 Å². The summed E-state index contributed by atoms with van der Waals surface area (Å²) >= 11 is 0. The number of aliphatic hydroxyl groups is 2. The van der Waals surface area contributed by atoms with Gasteiger partial charge in [-0.3, -0.25) is 4.90 Å². The summed E-state index contributed by atoms with van der Waals surface area (Å²) in [7, 11) is 0. The summed E-state index contributed by atoms with van der Waals surface area (Å²) in [5, 5.41) is 18.5. The summed E-state index contributed by atoms with van der Waals surface area (Å²) in [5.41, 5.74) is -0.406. The monoisotopic (exact) mass is 217 g/mol. The molecule has 0 aliphatic carbocycles. The Labute approximate surface area is 91.8 Å². The molecule has 4 heteroatoms. The molecule has 0 radical (unpaired) electrons. The Kier molecular flexibility index (Phi) is 4.52. The highest BCUT2D eigenvalue weighted by Crippen LogP contribution is 2.19. The van der Waals surface area contributed by atoms with E-state index >= 15 is 0 Å². The normalized spacial score (nSPS) is 29.4. The van der Waals surface area contributed by atoms with Gasteiger partial charge in [-0.2, -0.15) is 0 Å². The third-order valence-corrected chi connectivity index (χ3v) is 2.86.